The molecule has 1 aromatic rings. The first kappa shape index (κ1) is 15.3. The van der Waals surface area contributed by atoms with Crippen molar-refractivity contribution in [3.8, 4) is 0 Å². The van der Waals surface area contributed by atoms with Crippen LogP contribution in [0, 0.1) is 0 Å². The molecule has 3 N–H and O–H groups in total. The SMILES string of the molecule is CC(CN(C)C)Nc1cc(N)ccc1C(=O)N(C)C. The Morgan fingerprint density at radius 1 is 1.32 bits per heavy atom. The van der Waals surface area contributed by atoms with Gasteiger partial charge in [0.05, 0.1) is 5.56 Å². The van der Waals surface area contributed by atoms with E-state index in [1.807, 2.05) is 20.2 Å². The third-order valence-electron chi connectivity index (χ3n) is 2.72. The topological polar surface area (TPSA) is 61.6 Å². The fourth-order valence-corrected chi connectivity index (χ4v) is 1.97. The van der Waals surface area contributed by atoms with Crippen molar-refractivity contribution in [2.24, 2.45) is 0 Å². The third kappa shape index (κ3) is 4.44. The monoisotopic (exact) mass is 264 g/mol. The highest BCUT2D eigenvalue weighted by atomic mass is 16.2. The Morgan fingerprint density at radius 2 is 1.95 bits per heavy atom. The number of nitrogen functional groups attached to an aromatic ring is 1. The highest BCUT2D eigenvalue weighted by molar-refractivity contribution is 6.00. The van der Waals surface area contributed by atoms with Gasteiger partial charge >= 0.3 is 0 Å². The number of nitrogens with zero attached hydrogens (tertiary/aromatic N) is 2. The van der Waals surface area contributed by atoms with Crippen LogP contribution in [0.15, 0.2) is 18.2 Å². The molecule has 0 bridgehead atoms. The minimum atomic E-state index is -0.0282. The standard InChI is InChI=1S/C14H24N4O/c1-10(9-17(2)3)16-13-8-11(15)6-7-12(13)14(19)18(4)5/h6-8,10,16H,9,15H2,1-5H3. The number of hydrogen-bond donors (Lipinski definition) is 2. The molecular formula is C14H24N4O. The van der Waals surface area contributed by atoms with Crippen molar-refractivity contribution in [2.45, 2.75) is 13.0 Å². The van der Waals surface area contributed by atoms with Gasteiger partial charge < -0.3 is 20.9 Å². The first-order chi connectivity index (χ1) is 8.81. The molecule has 0 saturated carbocycles. The van der Waals surface area contributed by atoms with Crippen LogP contribution in [0.2, 0.25) is 0 Å². The van der Waals surface area contributed by atoms with Crippen molar-refractivity contribution in [1.29, 1.82) is 0 Å². The number of amides is 1. The Bertz CT molecular complexity index is 443. The minimum absolute atomic E-state index is 0.0282. The molecule has 1 aromatic carbocycles. The molecule has 5 nitrogen and oxygen atoms in total. The van der Waals surface area contributed by atoms with Crippen LogP contribution in [-0.4, -0.2) is 56.5 Å². The molecule has 1 atom stereocenters. The van der Waals surface area contributed by atoms with Crippen molar-refractivity contribution >= 4 is 17.3 Å². The van der Waals surface area contributed by atoms with Crippen LogP contribution in [0.1, 0.15) is 17.3 Å². The normalized spacial score (nSPS) is 12.3. The van der Waals surface area contributed by atoms with E-state index in [0.717, 1.165) is 12.2 Å². The first-order valence-corrected chi connectivity index (χ1v) is 6.33. The number of nitrogens with two attached hydrogens (primary N) is 1. The van der Waals surface area contributed by atoms with Gasteiger partial charge in [0, 0.05) is 38.1 Å². The minimum Gasteiger partial charge on any atom is -0.399 e. The van der Waals surface area contributed by atoms with Crippen LogP contribution in [0.25, 0.3) is 0 Å². The zero-order valence-corrected chi connectivity index (χ0v) is 12.4. The number of likely N-dealkylation sites (N-methyl/N-ethyl adjacent to an activating group) is 1. The Balaban J connectivity index is 2.97. The zero-order chi connectivity index (χ0) is 14.6. The van der Waals surface area contributed by atoms with Gasteiger partial charge in [0.1, 0.15) is 0 Å². The molecule has 0 spiro atoms. The average Bonchev–Trinajstić information content (AvgIpc) is 2.26. The van der Waals surface area contributed by atoms with E-state index >= 15 is 0 Å². The molecule has 0 heterocycles. The first-order valence-electron chi connectivity index (χ1n) is 6.33. The molecule has 106 valence electrons. The molecule has 1 unspecified atom stereocenters. The molecule has 0 radical (unpaired) electrons. The lowest BCUT2D eigenvalue weighted by Gasteiger charge is -2.22. The highest BCUT2D eigenvalue weighted by Crippen LogP contribution is 2.21. The lowest BCUT2D eigenvalue weighted by Crippen LogP contribution is -2.31. The maximum Gasteiger partial charge on any atom is 0.255 e. The Labute approximate surface area is 115 Å². The Morgan fingerprint density at radius 3 is 2.47 bits per heavy atom. The van der Waals surface area contributed by atoms with E-state index in [4.69, 9.17) is 5.73 Å². The number of carbonyl (C=O) groups excluding carboxylic acids is 1. The van der Waals surface area contributed by atoms with Gasteiger partial charge in [-0.05, 0) is 39.2 Å². The number of anilines is 2. The van der Waals surface area contributed by atoms with Crippen molar-refractivity contribution < 1.29 is 4.79 Å². The van der Waals surface area contributed by atoms with Crippen molar-refractivity contribution in [1.82, 2.24) is 9.80 Å². The van der Waals surface area contributed by atoms with E-state index in [9.17, 15) is 4.79 Å². The molecule has 0 aliphatic rings. The summed E-state index contributed by atoms with van der Waals surface area (Å²) in [6.07, 6.45) is 0. The van der Waals surface area contributed by atoms with Gasteiger partial charge in [-0.1, -0.05) is 0 Å². The zero-order valence-electron chi connectivity index (χ0n) is 12.4. The summed E-state index contributed by atoms with van der Waals surface area (Å²) in [4.78, 5) is 15.8. The second-order valence-electron chi connectivity index (χ2n) is 5.31. The molecule has 0 fully saturated rings. The summed E-state index contributed by atoms with van der Waals surface area (Å²) in [7, 11) is 7.52. The number of carbonyl (C=O) groups is 1. The maximum absolute atomic E-state index is 12.1. The van der Waals surface area contributed by atoms with E-state index in [0.29, 0.717) is 11.3 Å². The second-order valence-corrected chi connectivity index (χ2v) is 5.31. The maximum atomic E-state index is 12.1. The van der Waals surface area contributed by atoms with Gasteiger partial charge in [-0.2, -0.15) is 0 Å². The van der Waals surface area contributed by atoms with E-state index in [-0.39, 0.29) is 11.9 Å². The van der Waals surface area contributed by atoms with Crippen LogP contribution in [0.3, 0.4) is 0 Å². The van der Waals surface area contributed by atoms with Crippen molar-refractivity contribution in [3.63, 3.8) is 0 Å². The van der Waals surface area contributed by atoms with E-state index in [1.54, 1.807) is 31.1 Å². The van der Waals surface area contributed by atoms with Gasteiger partial charge in [-0.25, -0.2) is 0 Å². The summed E-state index contributed by atoms with van der Waals surface area (Å²) in [5.74, 6) is -0.0282. The van der Waals surface area contributed by atoms with Gasteiger partial charge in [-0.15, -0.1) is 0 Å². The predicted octanol–water partition coefficient (Wildman–Crippen LogP) is 1.33. The smallest absolute Gasteiger partial charge is 0.255 e. The molecule has 1 rings (SSSR count). The van der Waals surface area contributed by atoms with Gasteiger partial charge in [0.2, 0.25) is 0 Å². The summed E-state index contributed by atoms with van der Waals surface area (Å²) in [5.41, 5.74) is 7.88. The number of nitrogens with one attached hydrogen (secondary N) is 1. The summed E-state index contributed by atoms with van der Waals surface area (Å²) in [6.45, 7) is 2.96. The lowest BCUT2D eigenvalue weighted by atomic mass is 10.1. The van der Waals surface area contributed by atoms with Crippen LogP contribution in [0.4, 0.5) is 11.4 Å². The average molecular weight is 264 g/mol. The fraction of sp³-hybridized carbons (Fsp3) is 0.500. The van der Waals surface area contributed by atoms with E-state index in [1.165, 1.54) is 0 Å². The number of benzene rings is 1. The Hall–Kier alpha value is -1.75. The van der Waals surface area contributed by atoms with Gasteiger partial charge in [0.25, 0.3) is 5.91 Å². The number of hydrogen-bond acceptors (Lipinski definition) is 4. The molecule has 0 aliphatic heterocycles. The van der Waals surface area contributed by atoms with Crippen LogP contribution >= 0.6 is 0 Å². The van der Waals surface area contributed by atoms with Crippen LogP contribution in [0.5, 0.6) is 0 Å². The number of rotatable bonds is 5. The largest absolute Gasteiger partial charge is 0.399 e. The van der Waals surface area contributed by atoms with Gasteiger partial charge in [-0.3, -0.25) is 4.79 Å². The van der Waals surface area contributed by atoms with Crippen molar-refractivity contribution in [2.75, 3.05) is 45.8 Å². The fourth-order valence-electron chi connectivity index (χ4n) is 1.97. The molecule has 0 saturated heterocycles. The lowest BCUT2D eigenvalue weighted by molar-refractivity contribution is 0.0828. The van der Waals surface area contributed by atoms with Gasteiger partial charge in [0.15, 0.2) is 0 Å². The molecule has 1 amide bonds. The summed E-state index contributed by atoms with van der Waals surface area (Å²) < 4.78 is 0. The quantitative estimate of drug-likeness (QED) is 0.788. The molecule has 5 heteroatoms. The van der Waals surface area contributed by atoms with E-state index < -0.39 is 0 Å². The van der Waals surface area contributed by atoms with Crippen LogP contribution in [-0.2, 0) is 0 Å². The van der Waals surface area contributed by atoms with Crippen LogP contribution < -0.4 is 11.1 Å². The summed E-state index contributed by atoms with van der Waals surface area (Å²) >= 11 is 0. The highest BCUT2D eigenvalue weighted by Gasteiger charge is 2.15. The predicted molar refractivity (Wildman–Crippen MR) is 80.5 cm³/mol. The molecule has 0 aromatic heterocycles. The van der Waals surface area contributed by atoms with Crippen molar-refractivity contribution in [3.05, 3.63) is 23.8 Å². The third-order valence-corrected chi connectivity index (χ3v) is 2.72. The Kier molecular flexibility index (Phi) is 5.18. The molecule has 0 aliphatic carbocycles. The summed E-state index contributed by atoms with van der Waals surface area (Å²) in [5, 5.41) is 3.35. The molecular weight excluding hydrogens is 240 g/mol. The van der Waals surface area contributed by atoms with E-state index in [2.05, 4.69) is 17.1 Å². The molecule has 19 heavy (non-hydrogen) atoms. The second kappa shape index (κ2) is 6.43. The summed E-state index contributed by atoms with van der Waals surface area (Å²) in [6, 6.07) is 5.55.